The van der Waals surface area contributed by atoms with Crippen LogP contribution in [0.25, 0.3) is 0 Å². The molecule has 6 heteroatoms. The molecule has 2 unspecified atom stereocenters. The first-order chi connectivity index (χ1) is 9.99. The van der Waals surface area contributed by atoms with E-state index in [9.17, 15) is 4.79 Å². The lowest BCUT2D eigenvalue weighted by Crippen LogP contribution is -2.52. The van der Waals surface area contributed by atoms with Gasteiger partial charge in [0.2, 0.25) is 0 Å². The molecular weight excluding hydrogens is 447 g/mol. The molecule has 116 valence electrons. The lowest BCUT2D eigenvalue weighted by atomic mass is 10.1. The Hall–Kier alpha value is -0.180. The van der Waals surface area contributed by atoms with Crippen molar-refractivity contribution in [3.8, 4) is 0 Å². The standard InChI is InChI=1S/C15H20BrIN2O2/c1-10(11(2)19-5-7-21-8-6-19)18-15(20)13-9-12(16)3-4-14(13)17/h3-4,9-11H,5-8H2,1-2H3,(H,18,20). The smallest absolute Gasteiger partial charge is 0.252 e. The van der Waals surface area contributed by atoms with Gasteiger partial charge < -0.3 is 10.1 Å². The molecule has 1 fully saturated rings. The van der Waals surface area contributed by atoms with Crippen LogP contribution in [0, 0.1) is 3.57 Å². The first-order valence-corrected chi connectivity index (χ1v) is 8.94. The van der Waals surface area contributed by atoms with Crippen LogP contribution in [0.15, 0.2) is 22.7 Å². The molecule has 0 spiro atoms. The summed E-state index contributed by atoms with van der Waals surface area (Å²) in [6.07, 6.45) is 0. The molecule has 2 atom stereocenters. The molecule has 1 heterocycles. The van der Waals surface area contributed by atoms with Gasteiger partial charge in [0.1, 0.15) is 0 Å². The third kappa shape index (κ3) is 4.64. The van der Waals surface area contributed by atoms with Gasteiger partial charge in [-0.25, -0.2) is 0 Å². The molecule has 0 radical (unpaired) electrons. The molecular formula is C15H20BrIN2O2. The van der Waals surface area contributed by atoms with Gasteiger partial charge in [0.05, 0.1) is 18.8 Å². The molecule has 1 aromatic rings. The largest absolute Gasteiger partial charge is 0.379 e. The van der Waals surface area contributed by atoms with Gasteiger partial charge in [-0.2, -0.15) is 0 Å². The number of nitrogens with zero attached hydrogens (tertiary/aromatic N) is 1. The molecule has 0 bridgehead atoms. The first-order valence-electron chi connectivity index (χ1n) is 7.06. The maximum Gasteiger partial charge on any atom is 0.252 e. The first kappa shape index (κ1) is 17.2. The van der Waals surface area contributed by atoms with Gasteiger partial charge in [-0.1, -0.05) is 15.9 Å². The molecule has 1 aromatic carbocycles. The average Bonchev–Trinajstić information content (AvgIpc) is 2.49. The van der Waals surface area contributed by atoms with Crippen LogP contribution in [-0.4, -0.2) is 49.2 Å². The van der Waals surface area contributed by atoms with E-state index in [0.29, 0.717) is 11.6 Å². The summed E-state index contributed by atoms with van der Waals surface area (Å²) in [7, 11) is 0. The van der Waals surface area contributed by atoms with Crippen LogP contribution in [0.3, 0.4) is 0 Å². The molecule has 21 heavy (non-hydrogen) atoms. The third-order valence-electron chi connectivity index (χ3n) is 3.88. The Kier molecular flexibility index (Phi) is 6.46. The van der Waals surface area contributed by atoms with E-state index >= 15 is 0 Å². The van der Waals surface area contributed by atoms with Crippen molar-refractivity contribution in [3.63, 3.8) is 0 Å². The Morgan fingerprint density at radius 2 is 2.05 bits per heavy atom. The van der Waals surface area contributed by atoms with E-state index in [0.717, 1.165) is 34.3 Å². The number of ether oxygens (including phenoxy) is 1. The minimum Gasteiger partial charge on any atom is -0.379 e. The van der Waals surface area contributed by atoms with Crippen molar-refractivity contribution in [2.24, 2.45) is 0 Å². The molecule has 1 amide bonds. The summed E-state index contributed by atoms with van der Waals surface area (Å²) in [5.74, 6) is -0.0201. The van der Waals surface area contributed by atoms with Gasteiger partial charge in [-0.3, -0.25) is 9.69 Å². The van der Waals surface area contributed by atoms with Gasteiger partial charge in [-0.15, -0.1) is 0 Å². The highest BCUT2D eigenvalue weighted by Gasteiger charge is 2.24. The summed E-state index contributed by atoms with van der Waals surface area (Å²) in [6.45, 7) is 7.61. The van der Waals surface area contributed by atoms with Crippen LogP contribution >= 0.6 is 38.5 Å². The molecule has 0 aliphatic carbocycles. The quantitative estimate of drug-likeness (QED) is 0.693. The molecule has 1 N–H and O–H groups in total. The fourth-order valence-electron chi connectivity index (χ4n) is 2.38. The van der Waals surface area contributed by atoms with Crippen LogP contribution in [0.5, 0.6) is 0 Å². The van der Waals surface area contributed by atoms with E-state index < -0.39 is 0 Å². The number of morpholine rings is 1. The van der Waals surface area contributed by atoms with Crippen LogP contribution < -0.4 is 5.32 Å². The Labute approximate surface area is 147 Å². The zero-order chi connectivity index (χ0) is 15.4. The second kappa shape index (κ2) is 7.89. The van der Waals surface area contributed by atoms with Crippen molar-refractivity contribution >= 4 is 44.4 Å². The summed E-state index contributed by atoms with van der Waals surface area (Å²) in [6, 6.07) is 6.13. The molecule has 4 nitrogen and oxygen atoms in total. The van der Waals surface area contributed by atoms with Crippen LogP contribution in [0.4, 0.5) is 0 Å². The minimum atomic E-state index is -0.0201. The number of halogens is 2. The molecule has 0 aromatic heterocycles. The SMILES string of the molecule is CC(NC(=O)c1cc(Br)ccc1I)C(C)N1CCOCC1. The Morgan fingerprint density at radius 1 is 1.38 bits per heavy atom. The van der Waals surface area contributed by atoms with Crippen molar-refractivity contribution < 1.29 is 9.53 Å². The summed E-state index contributed by atoms with van der Waals surface area (Å²) in [5, 5.41) is 3.11. The zero-order valence-corrected chi connectivity index (χ0v) is 16.0. The van der Waals surface area contributed by atoms with E-state index in [1.807, 2.05) is 18.2 Å². The lowest BCUT2D eigenvalue weighted by Gasteiger charge is -2.35. The molecule has 1 aliphatic rings. The van der Waals surface area contributed by atoms with E-state index in [4.69, 9.17) is 4.74 Å². The number of carbonyl (C=O) groups excluding carboxylic acids is 1. The monoisotopic (exact) mass is 466 g/mol. The molecule has 1 aliphatic heterocycles. The number of hydrogen-bond donors (Lipinski definition) is 1. The number of carbonyl (C=O) groups is 1. The second-order valence-corrected chi connectivity index (χ2v) is 7.35. The predicted octanol–water partition coefficient (Wildman–Crippen LogP) is 2.89. The fourth-order valence-corrected chi connectivity index (χ4v) is 3.32. The molecule has 1 saturated heterocycles. The lowest BCUT2D eigenvalue weighted by molar-refractivity contribution is 0.0137. The minimum absolute atomic E-state index is 0.0201. The summed E-state index contributed by atoms with van der Waals surface area (Å²) < 4.78 is 7.25. The van der Waals surface area contributed by atoms with Crippen molar-refractivity contribution in [2.45, 2.75) is 25.9 Å². The van der Waals surface area contributed by atoms with Gasteiger partial charge in [-0.05, 0) is 54.6 Å². The Morgan fingerprint density at radius 3 is 2.71 bits per heavy atom. The summed E-state index contributed by atoms with van der Waals surface area (Å²) in [4.78, 5) is 14.8. The van der Waals surface area contributed by atoms with E-state index in [2.05, 4.69) is 62.6 Å². The summed E-state index contributed by atoms with van der Waals surface area (Å²) >= 11 is 5.61. The highest BCUT2D eigenvalue weighted by Crippen LogP contribution is 2.19. The van der Waals surface area contributed by atoms with Crippen molar-refractivity contribution in [3.05, 3.63) is 31.8 Å². The van der Waals surface area contributed by atoms with Crippen molar-refractivity contribution in [1.29, 1.82) is 0 Å². The number of benzene rings is 1. The Bertz CT molecular complexity index is 506. The van der Waals surface area contributed by atoms with Gasteiger partial charge >= 0.3 is 0 Å². The third-order valence-corrected chi connectivity index (χ3v) is 5.31. The zero-order valence-electron chi connectivity index (χ0n) is 12.2. The van der Waals surface area contributed by atoms with Crippen LogP contribution in [0.2, 0.25) is 0 Å². The van der Waals surface area contributed by atoms with Gasteiger partial charge in [0.15, 0.2) is 0 Å². The predicted molar refractivity (Wildman–Crippen MR) is 95.6 cm³/mol. The van der Waals surface area contributed by atoms with Gasteiger partial charge in [0, 0.05) is 33.2 Å². The number of hydrogen-bond acceptors (Lipinski definition) is 3. The average molecular weight is 467 g/mol. The second-order valence-electron chi connectivity index (χ2n) is 5.28. The highest BCUT2D eigenvalue weighted by atomic mass is 127. The van der Waals surface area contributed by atoms with E-state index in [1.54, 1.807) is 0 Å². The fraction of sp³-hybridized carbons (Fsp3) is 0.533. The number of amides is 1. The maximum absolute atomic E-state index is 12.4. The van der Waals surface area contributed by atoms with E-state index in [1.165, 1.54) is 0 Å². The Balaban J connectivity index is 1.99. The number of rotatable bonds is 4. The van der Waals surface area contributed by atoms with Gasteiger partial charge in [0.25, 0.3) is 5.91 Å². The molecule has 0 saturated carbocycles. The van der Waals surface area contributed by atoms with Crippen molar-refractivity contribution in [2.75, 3.05) is 26.3 Å². The van der Waals surface area contributed by atoms with E-state index in [-0.39, 0.29) is 11.9 Å². The highest BCUT2D eigenvalue weighted by molar-refractivity contribution is 14.1. The number of nitrogens with one attached hydrogen (secondary N) is 1. The topological polar surface area (TPSA) is 41.6 Å². The summed E-state index contributed by atoms with van der Waals surface area (Å²) in [5.41, 5.74) is 0.714. The maximum atomic E-state index is 12.4. The van der Waals surface area contributed by atoms with Crippen molar-refractivity contribution in [1.82, 2.24) is 10.2 Å². The van der Waals surface area contributed by atoms with Crippen LogP contribution in [0.1, 0.15) is 24.2 Å². The normalized spacial score (nSPS) is 19.0. The molecule has 2 rings (SSSR count). The van der Waals surface area contributed by atoms with Crippen LogP contribution in [-0.2, 0) is 4.74 Å².